The molecule has 0 saturated carbocycles. The number of para-hydroxylation sites is 1. The van der Waals surface area contributed by atoms with Crippen LogP contribution < -0.4 is 10.1 Å². The SMILES string of the molecule is Cl.O=C(c1n[nH]c2c1CNCC2)N1CCC(Oc2ccccc2Cl)C1. The molecule has 0 aliphatic carbocycles. The molecular weight excluding hydrogens is 363 g/mol. The summed E-state index contributed by atoms with van der Waals surface area (Å²) in [5, 5.41) is 11.1. The van der Waals surface area contributed by atoms with Crippen LogP contribution in [0.4, 0.5) is 0 Å². The summed E-state index contributed by atoms with van der Waals surface area (Å²) in [7, 11) is 0. The van der Waals surface area contributed by atoms with E-state index in [1.165, 1.54) is 0 Å². The smallest absolute Gasteiger partial charge is 0.274 e. The first-order valence-electron chi connectivity index (χ1n) is 8.19. The van der Waals surface area contributed by atoms with Crippen molar-refractivity contribution in [1.82, 2.24) is 20.4 Å². The lowest BCUT2D eigenvalue weighted by molar-refractivity contribution is 0.0765. The number of likely N-dealkylation sites (tertiary alicyclic amines) is 1. The van der Waals surface area contributed by atoms with Gasteiger partial charge in [0.15, 0.2) is 5.69 Å². The lowest BCUT2D eigenvalue weighted by atomic mass is 10.1. The number of aromatic nitrogens is 2. The van der Waals surface area contributed by atoms with E-state index in [2.05, 4.69) is 15.5 Å². The van der Waals surface area contributed by atoms with Gasteiger partial charge in [-0.2, -0.15) is 5.10 Å². The number of amides is 1. The second-order valence-electron chi connectivity index (χ2n) is 6.17. The molecule has 1 amide bonds. The molecule has 1 atom stereocenters. The van der Waals surface area contributed by atoms with E-state index in [0.717, 1.165) is 30.6 Å². The van der Waals surface area contributed by atoms with Crippen LogP contribution in [0.1, 0.15) is 28.2 Å². The number of nitrogens with one attached hydrogen (secondary N) is 2. The van der Waals surface area contributed by atoms with Gasteiger partial charge in [0.2, 0.25) is 0 Å². The quantitative estimate of drug-likeness (QED) is 0.854. The fraction of sp³-hybridized carbons (Fsp3) is 0.412. The highest BCUT2D eigenvalue weighted by Crippen LogP contribution is 2.27. The van der Waals surface area contributed by atoms with Gasteiger partial charge in [-0.3, -0.25) is 9.89 Å². The van der Waals surface area contributed by atoms with Crippen LogP contribution in [0.2, 0.25) is 5.02 Å². The lowest BCUT2D eigenvalue weighted by Gasteiger charge is -2.18. The standard InChI is InChI=1S/C17H19ClN4O2.ClH/c18-13-3-1-2-4-15(13)24-11-6-8-22(10-11)17(23)16-12-9-19-7-5-14(12)20-21-16;/h1-4,11,19H,5-10H2,(H,20,21);1H. The summed E-state index contributed by atoms with van der Waals surface area (Å²) in [4.78, 5) is 14.6. The van der Waals surface area contributed by atoms with E-state index in [1.807, 2.05) is 23.1 Å². The molecule has 2 aromatic rings. The maximum Gasteiger partial charge on any atom is 0.274 e. The van der Waals surface area contributed by atoms with Gasteiger partial charge in [-0.25, -0.2) is 0 Å². The summed E-state index contributed by atoms with van der Waals surface area (Å²) in [6.45, 7) is 2.84. The number of fused-ring (bicyclic) bond motifs is 1. The summed E-state index contributed by atoms with van der Waals surface area (Å²) in [5.74, 6) is 0.640. The summed E-state index contributed by atoms with van der Waals surface area (Å²) in [6.07, 6.45) is 1.64. The number of aromatic amines is 1. The first kappa shape index (κ1) is 18.0. The van der Waals surface area contributed by atoms with Crippen LogP contribution in [-0.2, 0) is 13.0 Å². The maximum absolute atomic E-state index is 12.8. The van der Waals surface area contributed by atoms with E-state index in [1.54, 1.807) is 6.07 Å². The highest BCUT2D eigenvalue weighted by molar-refractivity contribution is 6.32. The molecular formula is C17H20Cl2N4O2. The first-order valence-corrected chi connectivity index (χ1v) is 8.57. The minimum Gasteiger partial charge on any atom is -0.487 e. The molecule has 1 aromatic carbocycles. The maximum atomic E-state index is 12.8. The number of H-pyrrole nitrogens is 1. The highest BCUT2D eigenvalue weighted by Gasteiger charge is 2.32. The van der Waals surface area contributed by atoms with Crippen LogP contribution in [0, 0.1) is 0 Å². The Hall–Kier alpha value is -1.76. The molecule has 4 rings (SSSR count). The zero-order chi connectivity index (χ0) is 16.5. The Morgan fingerprint density at radius 3 is 3.04 bits per heavy atom. The van der Waals surface area contributed by atoms with E-state index < -0.39 is 0 Å². The van der Waals surface area contributed by atoms with Gasteiger partial charge in [-0.15, -0.1) is 12.4 Å². The molecule has 134 valence electrons. The van der Waals surface area contributed by atoms with Gasteiger partial charge in [0.05, 0.1) is 11.6 Å². The molecule has 1 saturated heterocycles. The van der Waals surface area contributed by atoms with Crippen LogP contribution in [0.25, 0.3) is 0 Å². The Balaban J connectivity index is 0.00000182. The molecule has 1 unspecified atom stereocenters. The Labute approximate surface area is 157 Å². The number of benzene rings is 1. The van der Waals surface area contributed by atoms with Crippen molar-refractivity contribution >= 4 is 29.9 Å². The molecule has 0 bridgehead atoms. The van der Waals surface area contributed by atoms with E-state index in [0.29, 0.717) is 36.1 Å². The third kappa shape index (κ3) is 3.61. The summed E-state index contributed by atoms with van der Waals surface area (Å²) >= 11 is 6.14. The van der Waals surface area contributed by atoms with E-state index in [4.69, 9.17) is 16.3 Å². The normalized spacial score (nSPS) is 19.2. The zero-order valence-electron chi connectivity index (χ0n) is 13.6. The van der Waals surface area contributed by atoms with Gasteiger partial charge in [-0.1, -0.05) is 23.7 Å². The number of nitrogens with zero attached hydrogens (tertiary/aromatic N) is 2. The average molecular weight is 383 g/mol. The summed E-state index contributed by atoms with van der Waals surface area (Å²) in [5.41, 5.74) is 2.61. The molecule has 2 aliphatic heterocycles. The fourth-order valence-electron chi connectivity index (χ4n) is 3.28. The topological polar surface area (TPSA) is 70.2 Å². The van der Waals surface area contributed by atoms with E-state index >= 15 is 0 Å². The monoisotopic (exact) mass is 382 g/mol. The molecule has 1 aromatic heterocycles. The predicted octanol–water partition coefficient (Wildman–Crippen LogP) is 2.42. The van der Waals surface area contributed by atoms with Crippen molar-refractivity contribution in [3.8, 4) is 5.75 Å². The van der Waals surface area contributed by atoms with Gasteiger partial charge in [0.1, 0.15) is 11.9 Å². The minimum absolute atomic E-state index is 0. The molecule has 0 radical (unpaired) electrons. The summed E-state index contributed by atoms with van der Waals surface area (Å²) < 4.78 is 5.95. The number of halogens is 2. The molecule has 2 aliphatic rings. The van der Waals surface area contributed by atoms with Gasteiger partial charge in [0, 0.05) is 43.7 Å². The second-order valence-corrected chi connectivity index (χ2v) is 6.57. The number of carbonyl (C=O) groups excluding carboxylic acids is 1. The molecule has 3 heterocycles. The van der Waals surface area contributed by atoms with Crippen molar-refractivity contribution in [2.75, 3.05) is 19.6 Å². The Kier molecular flexibility index (Phi) is 5.51. The fourth-order valence-corrected chi connectivity index (χ4v) is 3.46. The van der Waals surface area contributed by atoms with Crippen molar-refractivity contribution in [3.05, 3.63) is 46.2 Å². The third-order valence-corrected chi connectivity index (χ3v) is 4.88. The number of carbonyl (C=O) groups is 1. The van der Waals surface area contributed by atoms with Crippen LogP contribution in [0.15, 0.2) is 24.3 Å². The van der Waals surface area contributed by atoms with E-state index in [9.17, 15) is 4.79 Å². The Bertz CT molecular complexity index is 765. The molecule has 6 nitrogen and oxygen atoms in total. The molecule has 25 heavy (non-hydrogen) atoms. The number of hydrogen-bond acceptors (Lipinski definition) is 4. The van der Waals surface area contributed by atoms with Gasteiger partial charge < -0.3 is 15.0 Å². The van der Waals surface area contributed by atoms with Gasteiger partial charge in [-0.05, 0) is 12.1 Å². The molecule has 1 fully saturated rings. The second kappa shape index (κ2) is 7.64. The predicted molar refractivity (Wildman–Crippen MR) is 97.6 cm³/mol. The minimum atomic E-state index is -0.0401. The molecule has 0 spiro atoms. The third-order valence-electron chi connectivity index (χ3n) is 4.57. The van der Waals surface area contributed by atoms with Crippen LogP contribution in [0.3, 0.4) is 0 Å². The zero-order valence-corrected chi connectivity index (χ0v) is 15.2. The number of rotatable bonds is 3. The largest absolute Gasteiger partial charge is 0.487 e. The Morgan fingerprint density at radius 1 is 1.36 bits per heavy atom. The van der Waals surface area contributed by atoms with Crippen LogP contribution >= 0.6 is 24.0 Å². The van der Waals surface area contributed by atoms with Crippen molar-refractivity contribution in [2.45, 2.75) is 25.5 Å². The highest BCUT2D eigenvalue weighted by atomic mass is 35.5. The first-order chi connectivity index (χ1) is 11.7. The van der Waals surface area contributed by atoms with Crippen molar-refractivity contribution in [2.24, 2.45) is 0 Å². The van der Waals surface area contributed by atoms with Crippen molar-refractivity contribution in [3.63, 3.8) is 0 Å². The average Bonchev–Trinajstić information content (AvgIpc) is 3.23. The van der Waals surface area contributed by atoms with Crippen molar-refractivity contribution in [1.29, 1.82) is 0 Å². The van der Waals surface area contributed by atoms with Gasteiger partial charge in [0.25, 0.3) is 5.91 Å². The molecule has 8 heteroatoms. The summed E-state index contributed by atoms with van der Waals surface area (Å²) in [6, 6.07) is 7.41. The number of ether oxygens (including phenoxy) is 1. The van der Waals surface area contributed by atoms with Crippen molar-refractivity contribution < 1.29 is 9.53 Å². The van der Waals surface area contributed by atoms with Gasteiger partial charge >= 0.3 is 0 Å². The van der Waals surface area contributed by atoms with E-state index in [-0.39, 0.29) is 24.4 Å². The number of hydrogen-bond donors (Lipinski definition) is 2. The molecule has 2 N–H and O–H groups in total. The lowest BCUT2D eigenvalue weighted by Crippen LogP contribution is -2.33. The Morgan fingerprint density at radius 2 is 2.20 bits per heavy atom. The van der Waals surface area contributed by atoms with Crippen LogP contribution in [-0.4, -0.2) is 46.7 Å². The van der Waals surface area contributed by atoms with Crippen LogP contribution in [0.5, 0.6) is 5.75 Å².